The van der Waals surface area contributed by atoms with E-state index in [0.717, 1.165) is 34.3 Å². The van der Waals surface area contributed by atoms with Crippen LogP contribution in [0.25, 0.3) is 10.9 Å². The summed E-state index contributed by atoms with van der Waals surface area (Å²) in [5.41, 5.74) is 2.78. The third-order valence-corrected chi connectivity index (χ3v) is 5.73. The second kappa shape index (κ2) is 7.27. The lowest BCUT2D eigenvalue weighted by atomic mass is 9.91. The van der Waals surface area contributed by atoms with Crippen molar-refractivity contribution in [2.75, 3.05) is 6.54 Å². The molecule has 4 aromatic rings. The molecule has 1 aliphatic rings. The van der Waals surface area contributed by atoms with Gasteiger partial charge in [-0.05, 0) is 47.9 Å². The second-order valence-electron chi connectivity index (χ2n) is 7.58. The number of hydrogen-bond acceptors (Lipinski definition) is 2. The largest absolute Gasteiger partial charge is 0.416 e. The van der Waals surface area contributed by atoms with Gasteiger partial charge in [-0.25, -0.2) is 0 Å². The fourth-order valence-electron chi connectivity index (χ4n) is 4.35. The van der Waals surface area contributed by atoms with Gasteiger partial charge < -0.3 is 9.88 Å². The number of H-pyrrole nitrogens is 1. The van der Waals surface area contributed by atoms with Gasteiger partial charge in [0.05, 0.1) is 17.2 Å². The highest BCUT2D eigenvalue weighted by Crippen LogP contribution is 2.40. The number of hydrogen-bond donors (Lipinski definition) is 1. The van der Waals surface area contributed by atoms with Crippen molar-refractivity contribution >= 4 is 16.8 Å². The van der Waals surface area contributed by atoms with Gasteiger partial charge in [-0.2, -0.15) is 13.2 Å². The van der Waals surface area contributed by atoms with E-state index in [1.54, 1.807) is 29.3 Å². The van der Waals surface area contributed by atoms with Crippen LogP contribution in [0.2, 0.25) is 0 Å². The van der Waals surface area contributed by atoms with Crippen LogP contribution < -0.4 is 0 Å². The summed E-state index contributed by atoms with van der Waals surface area (Å²) >= 11 is 0. The molecule has 31 heavy (non-hydrogen) atoms. The van der Waals surface area contributed by atoms with Crippen molar-refractivity contribution in [2.45, 2.75) is 18.6 Å². The number of rotatable bonds is 2. The van der Waals surface area contributed by atoms with Crippen LogP contribution in [0, 0.1) is 0 Å². The highest BCUT2D eigenvalue weighted by molar-refractivity contribution is 5.95. The van der Waals surface area contributed by atoms with Crippen LogP contribution in [0.4, 0.5) is 13.2 Å². The number of fused-ring (bicyclic) bond motifs is 3. The van der Waals surface area contributed by atoms with Gasteiger partial charge in [0, 0.05) is 35.5 Å². The van der Waals surface area contributed by atoms with Crippen molar-refractivity contribution < 1.29 is 18.0 Å². The number of para-hydroxylation sites is 1. The smallest absolute Gasteiger partial charge is 0.356 e. The first-order valence-corrected chi connectivity index (χ1v) is 9.91. The molecule has 0 saturated carbocycles. The molecule has 1 amide bonds. The van der Waals surface area contributed by atoms with Gasteiger partial charge in [0.25, 0.3) is 5.91 Å². The van der Waals surface area contributed by atoms with Gasteiger partial charge in [0.1, 0.15) is 0 Å². The number of aromatic nitrogens is 2. The van der Waals surface area contributed by atoms with Gasteiger partial charge in [0.2, 0.25) is 0 Å². The van der Waals surface area contributed by atoms with Gasteiger partial charge in [-0.1, -0.05) is 30.3 Å². The predicted octanol–water partition coefficient (Wildman–Crippen LogP) is 5.37. The summed E-state index contributed by atoms with van der Waals surface area (Å²) in [6, 6.07) is 15.7. The lowest BCUT2D eigenvalue weighted by molar-refractivity contribution is -0.137. The predicted molar refractivity (Wildman–Crippen MR) is 111 cm³/mol. The molecule has 0 aliphatic carbocycles. The Morgan fingerprint density at radius 1 is 1.06 bits per heavy atom. The van der Waals surface area contributed by atoms with E-state index in [1.807, 2.05) is 24.3 Å². The Morgan fingerprint density at radius 2 is 1.90 bits per heavy atom. The third kappa shape index (κ3) is 3.36. The third-order valence-electron chi connectivity index (χ3n) is 5.73. The molecule has 0 spiro atoms. The fraction of sp³-hybridized carbons (Fsp3) is 0.167. The van der Waals surface area contributed by atoms with Crippen molar-refractivity contribution in [2.24, 2.45) is 0 Å². The van der Waals surface area contributed by atoms with E-state index in [2.05, 4.69) is 9.97 Å². The molecule has 1 N–H and O–H groups in total. The van der Waals surface area contributed by atoms with Crippen LogP contribution in [0.15, 0.2) is 73.1 Å². The van der Waals surface area contributed by atoms with Crippen molar-refractivity contribution in [1.82, 2.24) is 14.9 Å². The molecule has 7 heteroatoms. The van der Waals surface area contributed by atoms with Gasteiger partial charge in [0.15, 0.2) is 0 Å². The molecule has 156 valence electrons. The molecular formula is C24H18F3N3O. The molecule has 1 atom stereocenters. The van der Waals surface area contributed by atoms with Crippen LogP contribution in [0.5, 0.6) is 0 Å². The number of alkyl halides is 3. The number of amides is 1. The standard InChI is InChI=1S/C24H18F3N3O/c25-24(26,27)17-7-3-5-15(13-17)22-21-19(18-8-1-2-9-20(18)29-21)10-12-30(22)23(31)16-6-4-11-28-14-16/h1-9,11,13-14,22,29H,10,12H2. The Morgan fingerprint density at radius 3 is 2.68 bits per heavy atom. The van der Waals surface area contributed by atoms with E-state index in [4.69, 9.17) is 0 Å². The highest BCUT2D eigenvalue weighted by Gasteiger charge is 2.37. The normalized spacial score (nSPS) is 16.4. The zero-order chi connectivity index (χ0) is 21.6. The number of benzene rings is 2. The maximum Gasteiger partial charge on any atom is 0.416 e. The number of pyridine rings is 1. The Balaban J connectivity index is 1.69. The van der Waals surface area contributed by atoms with Crippen molar-refractivity contribution in [3.05, 3.63) is 101 Å². The summed E-state index contributed by atoms with van der Waals surface area (Å²) in [6.07, 6.45) is -0.799. The molecular weight excluding hydrogens is 403 g/mol. The van der Waals surface area contributed by atoms with E-state index >= 15 is 0 Å². The summed E-state index contributed by atoms with van der Waals surface area (Å²) in [7, 11) is 0. The quantitative estimate of drug-likeness (QED) is 0.473. The van der Waals surface area contributed by atoms with E-state index in [0.29, 0.717) is 24.1 Å². The lowest BCUT2D eigenvalue weighted by Crippen LogP contribution is -2.40. The van der Waals surface area contributed by atoms with Crippen LogP contribution >= 0.6 is 0 Å². The van der Waals surface area contributed by atoms with Crippen molar-refractivity contribution in [3.8, 4) is 0 Å². The summed E-state index contributed by atoms with van der Waals surface area (Å²) in [5, 5.41) is 1.03. The van der Waals surface area contributed by atoms with Crippen LogP contribution in [-0.4, -0.2) is 27.3 Å². The maximum atomic E-state index is 13.4. The number of aromatic amines is 1. The first-order chi connectivity index (χ1) is 14.9. The first kappa shape index (κ1) is 19.4. The molecule has 0 fully saturated rings. The monoisotopic (exact) mass is 421 g/mol. The molecule has 0 bridgehead atoms. The number of carbonyl (C=O) groups is 1. The second-order valence-corrected chi connectivity index (χ2v) is 7.58. The zero-order valence-corrected chi connectivity index (χ0v) is 16.4. The molecule has 2 aromatic heterocycles. The molecule has 1 unspecified atom stereocenters. The SMILES string of the molecule is O=C(c1cccnc1)N1CCc2c([nH]c3ccccc23)C1c1cccc(C(F)(F)F)c1. The lowest BCUT2D eigenvalue weighted by Gasteiger charge is -2.36. The Bertz CT molecular complexity index is 1260. The number of nitrogens with zero attached hydrogens (tertiary/aromatic N) is 2. The number of nitrogens with one attached hydrogen (secondary N) is 1. The van der Waals surface area contributed by atoms with Crippen LogP contribution in [0.3, 0.4) is 0 Å². The number of carbonyl (C=O) groups excluding carboxylic acids is 1. The van der Waals surface area contributed by atoms with Crippen molar-refractivity contribution in [3.63, 3.8) is 0 Å². The Kier molecular flexibility index (Phi) is 4.54. The molecule has 4 nitrogen and oxygen atoms in total. The minimum Gasteiger partial charge on any atom is -0.356 e. The van der Waals surface area contributed by atoms with Crippen molar-refractivity contribution in [1.29, 1.82) is 0 Å². The Hall–Kier alpha value is -3.61. The molecule has 1 aliphatic heterocycles. The zero-order valence-electron chi connectivity index (χ0n) is 16.4. The maximum absolute atomic E-state index is 13.4. The molecule has 2 aromatic carbocycles. The van der Waals surface area contributed by atoms with Gasteiger partial charge in [-0.3, -0.25) is 9.78 Å². The molecule has 0 saturated heterocycles. The Labute approximate surface area is 176 Å². The van der Waals surface area contributed by atoms with Crippen LogP contribution in [0.1, 0.15) is 38.8 Å². The van der Waals surface area contributed by atoms with Gasteiger partial charge in [-0.15, -0.1) is 0 Å². The molecule has 5 rings (SSSR count). The van der Waals surface area contributed by atoms with E-state index in [-0.39, 0.29) is 5.91 Å². The van der Waals surface area contributed by atoms with E-state index in [1.165, 1.54) is 12.3 Å². The summed E-state index contributed by atoms with van der Waals surface area (Å²) < 4.78 is 40.3. The average Bonchev–Trinajstić information content (AvgIpc) is 3.17. The topological polar surface area (TPSA) is 49.0 Å². The van der Waals surface area contributed by atoms with E-state index in [9.17, 15) is 18.0 Å². The summed E-state index contributed by atoms with van der Waals surface area (Å²) in [6.45, 7) is 0.392. The van der Waals surface area contributed by atoms with Crippen LogP contribution in [-0.2, 0) is 12.6 Å². The minimum absolute atomic E-state index is 0.264. The number of halogens is 3. The first-order valence-electron chi connectivity index (χ1n) is 9.91. The van der Waals surface area contributed by atoms with Gasteiger partial charge >= 0.3 is 6.18 Å². The minimum atomic E-state index is -4.47. The average molecular weight is 421 g/mol. The molecule has 0 radical (unpaired) electrons. The summed E-state index contributed by atoms with van der Waals surface area (Å²) in [5.74, 6) is -0.264. The summed E-state index contributed by atoms with van der Waals surface area (Å²) in [4.78, 5) is 22.4. The molecule has 3 heterocycles. The van der Waals surface area contributed by atoms with E-state index < -0.39 is 17.8 Å². The highest BCUT2D eigenvalue weighted by atomic mass is 19.4. The fourth-order valence-corrected chi connectivity index (χ4v) is 4.35.